The van der Waals surface area contributed by atoms with Crippen molar-refractivity contribution >= 4 is 22.8 Å². The molecule has 3 N–H and O–H groups in total. The summed E-state index contributed by atoms with van der Waals surface area (Å²) in [7, 11) is 0. The van der Waals surface area contributed by atoms with E-state index in [1.165, 1.54) is 0 Å². The minimum absolute atomic E-state index is 0.318. The highest BCUT2D eigenvalue weighted by atomic mass is 16.5. The van der Waals surface area contributed by atoms with Gasteiger partial charge >= 0.3 is 0 Å². The van der Waals surface area contributed by atoms with Gasteiger partial charge in [0.1, 0.15) is 17.3 Å². The van der Waals surface area contributed by atoms with E-state index in [0.717, 1.165) is 17.0 Å². The number of pyridine rings is 1. The fourth-order valence-corrected chi connectivity index (χ4v) is 3.81. The molecule has 0 atom stereocenters. The zero-order valence-corrected chi connectivity index (χ0v) is 19.9. The lowest BCUT2D eigenvalue weighted by atomic mass is 10.1. The number of aromatic nitrogens is 5. The van der Waals surface area contributed by atoms with E-state index in [1.54, 1.807) is 10.9 Å². The Labute approximate surface area is 203 Å². The summed E-state index contributed by atoms with van der Waals surface area (Å²) in [5.74, 6) is 2.43. The van der Waals surface area contributed by atoms with Crippen LogP contribution < -0.4 is 15.8 Å². The number of fused-ring (bicyclic) bond motifs is 1. The molecule has 5 rings (SSSR count). The number of hydrogen-bond donors (Lipinski definition) is 2. The van der Waals surface area contributed by atoms with Crippen LogP contribution in [-0.2, 0) is 12.1 Å². The predicted octanol–water partition coefficient (Wildman–Crippen LogP) is 5.63. The molecule has 0 bridgehead atoms. The van der Waals surface area contributed by atoms with Crippen LogP contribution in [0.1, 0.15) is 26.5 Å². The summed E-state index contributed by atoms with van der Waals surface area (Å²) in [4.78, 5) is 13.9. The molecular weight excluding hydrogens is 438 g/mol. The molecule has 0 radical (unpaired) electrons. The summed E-state index contributed by atoms with van der Waals surface area (Å²) >= 11 is 0. The van der Waals surface area contributed by atoms with Crippen molar-refractivity contribution in [2.24, 2.45) is 0 Å². The molecule has 176 valence electrons. The molecule has 0 aliphatic carbocycles. The van der Waals surface area contributed by atoms with Crippen LogP contribution in [0.4, 0.5) is 11.8 Å². The van der Waals surface area contributed by atoms with Crippen molar-refractivity contribution in [1.82, 2.24) is 24.7 Å². The minimum Gasteiger partial charge on any atom is -0.457 e. The molecule has 8 nitrogen and oxygen atoms in total. The first-order valence-corrected chi connectivity index (χ1v) is 11.4. The van der Waals surface area contributed by atoms with Gasteiger partial charge in [0.15, 0.2) is 5.65 Å². The molecule has 0 amide bonds. The van der Waals surface area contributed by atoms with Gasteiger partial charge in [0.25, 0.3) is 0 Å². The van der Waals surface area contributed by atoms with Gasteiger partial charge in [-0.05, 0) is 57.2 Å². The number of nitrogens with zero attached hydrogens (tertiary/aromatic N) is 5. The van der Waals surface area contributed by atoms with Crippen LogP contribution in [-0.4, -0.2) is 24.7 Å². The summed E-state index contributed by atoms with van der Waals surface area (Å²) in [6, 6.07) is 23.2. The Morgan fingerprint density at radius 2 is 1.69 bits per heavy atom. The van der Waals surface area contributed by atoms with Crippen molar-refractivity contribution in [3.63, 3.8) is 0 Å². The lowest BCUT2D eigenvalue weighted by Crippen LogP contribution is -2.24. The quantitative estimate of drug-likeness (QED) is 0.335. The van der Waals surface area contributed by atoms with Gasteiger partial charge in [-0.2, -0.15) is 4.98 Å². The lowest BCUT2D eigenvalue weighted by Gasteiger charge is -2.20. The number of nitrogen functional groups attached to an aromatic ring is 1. The van der Waals surface area contributed by atoms with Crippen LogP contribution in [0.5, 0.6) is 11.5 Å². The van der Waals surface area contributed by atoms with E-state index >= 15 is 0 Å². The maximum Gasteiger partial charge on any atom is 0.225 e. The van der Waals surface area contributed by atoms with Crippen LogP contribution in [0, 0.1) is 0 Å². The molecule has 3 aromatic heterocycles. The molecule has 0 fully saturated rings. The standard InChI is InChI=1S/C27H27N7O/c1-27(2,3)34-24(28)22-23(18-10-9-14-21(16-18)35-20-12-5-4-6-13-20)31-26(32-25(22)33-34)30-17-19-11-7-8-15-29-19/h4-16H,17,28H2,1-3H3,(H,30,32,33). The smallest absolute Gasteiger partial charge is 0.225 e. The van der Waals surface area contributed by atoms with E-state index in [1.807, 2.05) is 72.8 Å². The molecule has 0 aliphatic heterocycles. The van der Waals surface area contributed by atoms with Crippen molar-refractivity contribution in [3.8, 4) is 22.8 Å². The molecule has 0 unspecified atom stereocenters. The van der Waals surface area contributed by atoms with Crippen LogP contribution in [0.25, 0.3) is 22.3 Å². The summed E-state index contributed by atoms with van der Waals surface area (Å²) < 4.78 is 7.85. The fraction of sp³-hybridized carbons (Fsp3) is 0.185. The first-order valence-electron chi connectivity index (χ1n) is 11.4. The molecule has 35 heavy (non-hydrogen) atoms. The van der Waals surface area contributed by atoms with Crippen LogP contribution in [0.2, 0.25) is 0 Å². The molecule has 0 saturated carbocycles. The SMILES string of the molecule is CC(C)(C)n1nc2nc(NCc3ccccn3)nc(-c3cccc(Oc4ccccc4)c3)c2c1N. The van der Waals surface area contributed by atoms with Gasteiger partial charge in [-0.15, -0.1) is 5.10 Å². The zero-order chi connectivity index (χ0) is 24.4. The number of nitrogens with two attached hydrogens (primary N) is 1. The molecule has 0 saturated heterocycles. The Morgan fingerprint density at radius 3 is 2.43 bits per heavy atom. The van der Waals surface area contributed by atoms with Gasteiger partial charge in [0, 0.05) is 11.8 Å². The number of anilines is 2. The number of para-hydroxylation sites is 1. The highest BCUT2D eigenvalue weighted by Gasteiger charge is 2.24. The monoisotopic (exact) mass is 465 g/mol. The van der Waals surface area contributed by atoms with Crippen molar-refractivity contribution in [1.29, 1.82) is 0 Å². The van der Waals surface area contributed by atoms with E-state index in [-0.39, 0.29) is 5.54 Å². The topological polar surface area (TPSA) is 104 Å². The number of rotatable bonds is 6. The number of nitrogens with one attached hydrogen (secondary N) is 1. The van der Waals surface area contributed by atoms with E-state index in [9.17, 15) is 0 Å². The Kier molecular flexibility index (Phi) is 5.78. The fourth-order valence-electron chi connectivity index (χ4n) is 3.81. The van der Waals surface area contributed by atoms with Crippen molar-refractivity contribution in [3.05, 3.63) is 84.7 Å². The third-order valence-corrected chi connectivity index (χ3v) is 5.44. The largest absolute Gasteiger partial charge is 0.457 e. The second kappa shape index (κ2) is 9.06. The molecular formula is C27H27N7O. The summed E-state index contributed by atoms with van der Waals surface area (Å²) in [5, 5.41) is 8.72. The second-order valence-corrected chi connectivity index (χ2v) is 9.18. The van der Waals surface area contributed by atoms with Gasteiger partial charge in [-0.1, -0.05) is 36.4 Å². The molecule has 0 aliphatic rings. The highest BCUT2D eigenvalue weighted by Crippen LogP contribution is 2.35. The average molecular weight is 466 g/mol. The number of hydrogen-bond acceptors (Lipinski definition) is 7. The van der Waals surface area contributed by atoms with E-state index < -0.39 is 0 Å². The van der Waals surface area contributed by atoms with Crippen molar-refractivity contribution in [2.75, 3.05) is 11.1 Å². The summed E-state index contributed by atoms with van der Waals surface area (Å²) in [5.41, 5.74) is 9.23. The molecule has 0 spiro atoms. The maximum absolute atomic E-state index is 6.60. The number of benzene rings is 2. The average Bonchev–Trinajstić information content (AvgIpc) is 3.21. The predicted molar refractivity (Wildman–Crippen MR) is 138 cm³/mol. The van der Waals surface area contributed by atoms with E-state index in [4.69, 9.17) is 20.6 Å². The Morgan fingerprint density at radius 1 is 0.914 bits per heavy atom. The third-order valence-electron chi connectivity index (χ3n) is 5.44. The van der Waals surface area contributed by atoms with Gasteiger partial charge in [-0.3, -0.25) is 4.98 Å². The highest BCUT2D eigenvalue weighted by molar-refractivity contribution is 5.99. The van der Waals surface area contributed by atoms with E-state index in [0.29, 0.717) is 40.8 Å². The summed E-state index contributed by atoms with van der Waals surface area (Å²) in [6.07, 6.45) is 1.76. The maximum atomic E-state index is 6.60. The van der Waals surface area contributed by atoms with Gasteiger partial charge in [0.2, 0.25) is 5.95 Å². The molecule has 8 heteroatoms. The molecule has 3 heterocycles. The Bertz CT molecular complexity index is 1460. The van der Waals surface area contributed by atoms with Crippen LogP contribution in [0.15, 0.2) is 79.0 Å². The van der Waals surface area contributed by atoms with Crippen molar-refractivity contribution < 1.29 is 4.74 Å². The van der Waals surface area contributed by atoms with E-state index in [2.05, 4.69) is 36.1 Å². The lowest BCUT2D eigenvalue weighted by molar-refractivity contribution is 0.364. The second-order valence-electron chi connectivity index (χ2n) is 9.18. The zero-order valence-electron chi connectivity index (χ0n) is 19.9. The normalized spacial score (nSPS) is 11.5. The number of ether oxygens (including phenoxy) is 1. The third kappa shape index (κ3) is 4.77. The molecule has 5 aromatic rings. The first kappa shape index (κ1) is 22.3. The van der Waals surface area contributed by atoms with Gasteiger partial charge < -0.3 is 15.8 Å². The van der Waals surface area contributed by atoms with Crippen LogP contribution >= 0.6 is 0 Å². The summed E-state index contributed by atoms with van der Waals surface area (Å²) in [6.45, 7) is 6.64. The Hall–Kier alpha value is -4.46. The van der Waals surface area contributed by atoms with Gasteiger partial charge in [0.05, 0.1) is 28.9 Å². The van der Waals surface area contributed by atoms with Crippen LogP contribution in [0.3, 0.4) is 0 Å². The first-order chi connectivity index (χ1) is 16.9. The van der Waals surface area contributed by atoms with Crippen molar-refractivity contribution in [2.45, 2.75) is 32.9 Å². The minimum atomic E-state index is -0.318. The Balaban J connectivity index is 1.59. The molecule has 2 aromatic carbocycles. The van der Waals surface area contributed by atoms with Gasteiger partial charge in [-0.25, -0.2) is 9.67 Å².